The molecule has 0 atom stereocenters. The zero-order valence-corrected chi connectivity index (χ0v) is 9.73. The fourth-order valence-corrected chi connectivity index (χ4v) is 1.66. The van der Waals surface area contributed by atoms with Gasteiger partial charge in [-0.25, -0.2) is 0 Å². The summed E-state index contributed by atoms with van der Waals surface area (Å²) < 4.78 is 42.0. The summed E-state index contributed by atoms with van der Waals surface area (Å²) >= 11 is 5.65. The van der Waals surface area contributed by atoms with Gasteiger partial charge in [-0.3, -0.25) is 4.79 Å². The van der Waals surface area contributed by atoms with Crippen molar-refractivity contribution in [1.29, 1.82) is 0 Å². The molecule has 0 saturated carbocycles. The zero-order chi connectivity index (χ0) is 13.1. The average molecular weight is 267 g/mol. The number of ether oxygens (including phenoxy) is 1. The van der Waals surface area contributed by atoms with Crippen molar-refractivity contribution < 1.29 is 22.7 Å². The van der Waals surface area contributed by atoms with E-state index in [4.69, 9.17) is 11.6 Å². The van der Waals surface area contributed by atoms with E-state index in [1.54, 1.807) is 0 Å². The molecule has 1 aromatic carbocycles. The lowest BCUT2D eigenvalue weighted by Crippen LogP contribution is -2.08. The number of methoxy groups -OCH3 is 1. The SMILES string of the molecule is COC(=O)CCc1cccc(C(F)(F)F)c1Cl. The Bertz CT molecular complexity index is 416. The second kappa shape index (κ2) is 5.40. The molecular formula is C11H10ClF3O2. The van der Waals surface area contributed by atoms with Gasteiger partial charge in [-0.05, 0) is 18.1 Å². The van der Waals surface area contributed by atoms with Crippen LogP contribution in [0.15, 0.2) is 18.2 Å². The standard InChI is InChI=1S/C11H10ClF3O2/c1-17-9(16)6-5-7-3-2-4-8(10(7)12)11(13,14)15/h2-4H,5-6H2,1H3. The minimum absolute atomic E-state index is 0.00245. The summed E-state index contributed by atoms with van der Waals surface area (Å²) in [4.78, 5) is 10.9. The number of benzene rings is 1. The summed E-state index contributed by atoms with van der Waals surface area (Å²) in [5, 5.41) is -0.357. The molecule has 0 saturated heterocycles. The van der Waals surface area contributed by atoms with Crippen LogP contribution in [0.25, 0.3) is 0 Å². The first kappa shape index (κ1) is 13.8. The lowest BCUT2D eigenvalue weighted by molar-refractivity contribution is -0.140. The smallest absolute Gasteiger partial charge is 0.417 e. The topological polar surface area (TPSA) is 26.3 Å². The van der Waals surface area contributed by atoms with Gasteiger partial charge in [-0.2, -0.15) is 13.2 Å². The molecule has 0 N–H and O–H groups in total. The monoisotopic (exact) mass is 266 g/mol. The third-order valence-corrected chi connectivity index (χ3v) is 2.66. The number of carbonyl (C=O) groups excluding carboxylic acids is 1. The number of hydrogen-bond donors (Lipinski definition) is 0. The van der Waals surface area contributed by atoms with Crippen LogP contribution in [0, 0.1) is 0 Å². The summed E-state index contributed by atoms with van der Waals surface area (Å²) in [7, 11) is 1.22. The Morgan fingerprint density at radius 1 is 1.41 bits per heavy atom. The van der Waals surface area contributed by atoms with Gasteiger partial charge in [0.15, 0.2) is 0 Å². The first-order chi connectivity index (χ1) is 7.86. The van der Waals surface area contributed by atoms with Crippen molar-refractivity contribution in [2.45, 2.75) is 19.0 Å². The second-order valence-corrected chi connectivity index (χ2v) is 3.73. The van der Waals surface area contributed by atoms with Crippen molar-refractivity contribution in [2.75, 3.05) is 7.11 Å². The predicted octanol–water partition coefficient (Wildman–Crippen LogP) is 3.46. The van der Waals surface area contributed by atoms with Gasteiger partial charge < -0.3 is 4.74 Å². The van der Waals surface area contributed by atoms with Crippen LogP contribution in [0.1, 0.15) is 17.5 Å². The molecule has 0 heterocycles. The predicted molar refractivity (Wildman–Crippen MR) is 56.8 cm³/mol. The lowest BCUT2D eigenvalue weighted by atomic mass is 10.1. The molecule has 2 nitrogen and oxygen atoms in total. The molecule has 0 aliphatic rings. The summed E-state index contributed by atoms with van der Waals surface area (Å²) in [6, 6.07) is 3.63. The number of aryl methyl sites for hydroxylation is 1. The Balaban J connectivity index is 2.91. The highest BCUT2D eigenvalue weighted by atomic mass is 35.5. The van der Waals surface area contributed by atoms with Crippen molar-refractivity contribution in [3.05, 3.63) is 34.3 Å². The van der Waals surface area contributed by atoms with Crippen LogP contribution < -0.4 is 0 Å². The molecule has 0 radical (unpaired) electrons. The van der Waals surface area contributed by atoms with E-state index in [0.29, 0.717) is 0 Å². The molecule has 0 fully saturated rings. The van der Waals surface area contributed by atoms with E-state index in [0.717, 1.165) is 6.07 Å². The first-order valence-electron chi connectivity index (χ1n) is 4.77. The van der Waals surface area contributed by atoms with Gasteiger partial charge in [-0.15, -0.1) is 0 Å². The number of alkyl halides is 3. The number of carbonyl (C=O) groups is 1. The van der Waals surface area contributed by atoms with Crippen LogP contribution in [0.3, 0.4) is 0 Å². The third kappa shape index (κ3) is 3.63. The van der Waals surface area contributed by atoms with Gasteiger partial charge in [0.05, 0.1) is 17.7 Å². The molecule has 0 aromatic heterocycles. The lowest BCUT2D eigenvalue weighted by Gasteiger charge is -2.11. The molecule has 0 spiro atoms. The summed E-state index contributed by atoms with van der Waals surface area (Å²) in [6.07, 6.45) is -4.37. The van der Waals surface area contributed by atoms with E-state index >= 15 is 0 Å². The average Bonchev–Trinajstić information content (AvgIpc) is 2.25. The third-order valence-electron chi connectivity index (χ3n) is 2.21. The molecule has 0 aliphatic carbocycles. The van der Waals surface area contributed by atoms with Crippen molar-refractivity contribution in [3.8, 4) is 0 Å². The highest BCUT2D eigenvalue weighted by Crippen LogP contribution is 2.36. The van der Waals surface area contributed by atoms with E-state index in [2.05, 4.69) is 4.74 Å². The minimum Gasteiger partial charge on any atom is -0.469 e. The van der Waals surface area contributed by atoms with Crippen LogP contribution >= 0.6 is 11.6 Å². The Labute approximate surface area is 101 Å². The molecule has 0 amide bonds. The normalized spacial score (nSPS) is 11.4. The maximum Gasteiger partial charge on any atom is 0.417 e. The van der Waals surface area contributed by atoms with Gasteiger partial charge in [0, 0.05) is 6.42 Å². The summed E-state index contributed by atoms with van der Waals surface area (Å²) in [5.41, 5.74) is -0.603. The second-order valence-electron chi connectivity index (χ2n) is 3.35. The van der Waals surface area contributed by atoms with Crippen molar-refractivity contribution in [2.24, 2.45) is 0 Å². The largest absolute Gasteiger partial charge is 0.469 e. The van der Waals surface area contributed by atoms with Crippen molar-refractivity contribution in [3.63, 3.8) is 0 Å². The van der Waals surface area contributed by atoms with E-state index < -0.39 is 17.7 Å². The molecular weight excluding hydrogens is 257 g/mol. The fraction of sp³-hybridized carbons (Fsp3) is 0.364. The Kier molecular flexibility index (Phi) is 4.40. The molecule has 1 aromatic rings. The Morgan fingerprint density at radius 2 is 2.06 bits per heavy atom. The maximum absolute atomic E-state index is 12.5. The number of esters is 1. The van der Waals surface area contributed by atoms with Gasteiger partial charge in [0.1, 0.15) is 0 Å². The van der Waals surface area contributed by atoms with Crippen molar-refractivity contribution >= 4 is 17.6 Å². The molecule has 6 heteroatoms. The van der Waals surface area contributed by atoms with E-state index in [1.807, 2.05) is 0 Å². The van der Waals surface area contributed by atoms with Gasteiger partial charge in [0.2, 0.25) is 0 Å². The summed E-state index contributed by atoms with van der Waals surface area (Å²) in [6.45, 7) is 0. The number of hydrogen-bond acceptors (Lipinski definition) is 2. The molecule has 94 valence electrons. The molecule has 17 heavy (non-hydrogen) atoms. The van der Waals surface area contributed by atoms with E-state index in [1.165, 1.54) is 19.2 Å². The first-order valence-corrected chi connectivity index (χ1v) is 5.15. The summed E-state index contributed by atoms with van der Waals surface area (Å²) in [5.74, 6) is -0.488. The molecule has 0 aliphatic heterocycles. The molecule has 0 bridgehead atoms. The quantitative estimate of drug-likeness (QED) is 0.783. The van der Waals surface area contributed by atoms with Crippen LogP contribution in [-0.4, -0.2) is 13.1 Å². The van der Waals surface area contributed by atoms with Crippen LogP contribution in [0.4, 0.5) is 13.2 Å². The van der Waals surface area contributed by atoms with Gasteiger partial charge in [0.25, 0.3) is 0 Å². The maximum atomic E-state index is 12.5. The molecule has 0 unspecified atom stereocenters. The minimum atomic E-state index is -4.49. The number of rotatable bonds is 3. The van der Waals surface area contributed by atoms with Crippen LogP contribution in [0.5, 0.6) is 0 Å². The molecule has 1 rings (SSSR count). The highest BCUT2D eigenvalue weighted by Gasteiger charge is 2.33. The van der Waals surface area contributed by atoms with Crippen LogP contribution in [-0.2, 0) is 22.1 Å². The van der Waals surface area contributed by atoms with E-state index in [-0.39, 0.29) is 23.4 Å². The van der Waals surface area contributed by atoms with Gasteiger partial charge in [-0.1, -0.05) is 23.7 Å². The Morgan fingerprint density at radius 3 is 2.59 bits per heavy atom. The van der Waals surface area contributed by atoms with Crippen LogP contribution in [0.2, 0.25) is 5.02 Å². The van der Waals surface area contributed by atoms with Gasteiger partial charge >= 0.3 is 12.1 Å². The van der Waals surface area contributed by atoms with Crippen molar-refractivity contribution in [1.82, 2.24) is 0 Å². The Hall–Kier alpha value is -1.23. The fourth-order valence-electron chi connectivity index (χ4n) is 1.33. The highest BCUT2D eigenvalue weighted by molar-refractivity contribution is 6.32. The zero-order valence-electron chi connectivity index (χ0n) is 8.97. The van der Waals surface area contributed by atoms with E-state index in [9.17, 15) is 18.0 Å². The number of halogens is 4.